The van der Waals surface area contributed by atoms with Crippen molar-refractivity contribution >= 4 is 10.0 Å². The molecule has 6 nitrogen and oxygen atoms in total. The second-order valence-corrected chi connectivity index (χ2v) is 7.77. The second kappa shape index (κ2) is 7.17. The minimum absolute atomic E-state index is 0.296. The van der Waals surface area contributed by atoms with Crippen LogP contribution < -0.4 is 5.73 Å². The van der Waals surface area contributed by atoms with Crippen LogP contribution in [0.2, 0.25) is 0 Å². The number of sulfonamides is 1. The van der Waals surface area contributed by atoms with E-state index in [2.05, 4.69) is 4.90 Å². The van der Waals surface area contributed by atoms with Gasteiger partial charge < -0.3 is 10.5 Å². The van der Waals surface area contributed by atoms with Crippen LogP contribution in [0.15, 0.2) is 0 Å². The summed E-state index contributed by atoms with van der Waals surface area (Å²) in [6.45, 7) is 4.32. The van der Waals surface area contributed by atoms with Gasteiger partial charge in [0.25, 0.3) is 0 Å². The Kier molecular flexibility index (Phi) is 5.80. The van der Waals surface area contributed by atoms with Crippen LogP contribution in [0.1, 0.15) is 25.7 Å². The second-order valence-electron chi connectivity index (χ2n) is 5.79. The van der Waals surface area contributed by atoms with E-state index in [0.29, 0.717) is 31.7 Å². The van der Waals surface area contributed by atoms with Crippen LogP contribution in [0, 0.1) is 0 Å². The van der Waals surface area contributed by atoms with Crippen LogP contribution >= 0.6 is 0 Å². The molecule has 2 aliphatic heterocycles. The zero-order chi connectivity index (χ0) is 14.6. The van der Waals surface area contributed by atoms with E-state index in [4.69, 9.17) is 10.5 Å². The molecule has 7 heteroatoms. The maximum absolute atomic E-state index is 11.8. The van der Waals surface area contributed by atoms with E-state index >= 15 is 0 Å². The van der Waals surface area contributed by atoms with Gasteiger partial charge in [0, 0.05) is 51.5 Å². The van der Waals surface area contributed by atoms with Gasteiger partial charge in [-0.05, 0) is 25.7 Å². The van der Waals surface area contributed by atoms with E-state index in [-0.39, 0.29) is 0 Å². The Morgan fingerprint density at radius 1 is 1.25 bits per heavy atom. The smallest absolute Gasteiger partial charge is 0.211 e. The lowest BCUT2D eigenvalue weighted by molar-refractivity contribution is 0.00765. The molecule has 2 aliphatic rings. The fourth-order valence-electron chi connectivity index (χ4n) is 3.32. The molecule has 2 saturated heterocycles. The Balaban J connectivity index is 2.04. The zero-order valence-corrected chi connectivity index (χ0v) is 13.1. The molecule has 0 aromatic rings. The topological polar surface area (TPSA) is 75.9 Å². The van der Waals surface area contributed by atoms with Crippen LogP contribution in [0.4, 0.5) is 0 Å². The van der Waals surface area contributed by atoms with Crippen molar-refractivity contribution in [3.63, 3.8) is 0 Å². The lowest BCUT2D eigenvalue weighted by Crippen LogP contribution is -2.55. The molecule has 118 valence electrons. The van der Waals surface area contributed by atoms with Crippen molar-refractivity contribution in [3.8, 4) is 0 Å². The predicted molar refractivity (Wildman–Crippen MR) is 79.0 cm³/mol. The Hall–Kier alpha value is -0.210. The molecular formula is C13H27N3O3S. The molecule has 2 N–H and O–H groups in total. The third-order valence-corrected chi connectivity index (χ3v) is 5.61. The van der Waals surface area contributed by atoms with Crippen LogP contribution in [0.25, 0.3) is 0 Å². The van der Waals surface area contributed by atoms with E-state index in [1.807, 2.05) is 0 Å². The van der Waals surface area contributed by atoms with Crippen molar-refractivity contribution < 1.29 is 13.2 Å². The van der Waals surface area contributed by atoms with E-state index < -0.39 is 10.0 Å². The summed E-state index contributed by atoms with van der Waals surface area (Å²) < 4.78 is 30.5. The van der Waals surface area contributed by atoms with Crippen molar-refractivity contribution in [3.05, 3.63) is 0 Å². The molecule has 2 heterocycles. The molecule has 2 rings (SSSR count). The van der Waals surface area contributed by atoms with Gasteiger partial charge in [0.15, 0.2) is 0 Å². The van der Waals surface area contributed by atoms with Crippen molar-refractivity contribution in [2.24, 2.45) is 5.73 Å². The Morgan fingerprint density at radius 3 is 2.55 bits per heavy atom. The van der Waals surface area contributed by atoms with Crippen molar-refractivity contribution in [2.45, 2.75) is 37.8 Å². The minimum atomic E-state index is -3.09. The SMILES string of the molecule is CS(=O)(=O)N1CCCC(N(CCN)C2CCOCC2)C1. The highest BCUT2D eigenvalue weighted by atomic mass is 32.2. The third kappa shape index (κ3) is 4.14. The maximum Gasteiger partial charge on any atom is 0.211 e. The summed E-state index contributed by atoms with van der Waals surface area (Å²) >= 11 is 0. The minimum Gasteiger partial charge on any atom is -0.381 e. The molecule has 0 aromatic heterocycles. The standard InChI is InChI=1S/C13H27N3O3S/c1-20(17,18)15-7-2-3-13(11-15)16(8-6-14)12-4-9-19-10-5-12/h12-13H,2-11,14H2,1H3. The van der Waals surface area contributed by atoms with Gasteiger partial charge in [0.1, 0.15) is 0 Å². The lowest BCUT2D eigenvalue weighted by Gasteiger charge is -2.43. The van der Waals surface area contributed by atoms with Gasteiger partial charge in [-0.25, -0.2) is 12.7 Å². The van der Waals surface area contributed by atoms with Gasteiger partial charge in [-0.3, -0.25) is 4.90 Å². The van der Waals surface area contributed by atoms with Gasteiger partial charge in [0.05, 0.1) is 6.26 Å². The first-order chi connectivity index (χ1) is 9.52. The number of ether oxygens (including phenoxy) is 1. The largest absolute Gasteiger partial charge is 0.381 e. The highest BCUT2D eigenvalue weighted by Gasteiger charge is 2.33. The molecule has 0 bridgehead atoms. The van der Waals surface area contributed by atoms with Crippen molar-refractivity contribution in [2.75, 3.05) is 45.6 Å². The average Bonchev–Trinajstić information content (AvgIpc) is 2.45. The van der Waals surface area contributed by atoms with Crippen molar-refractivity contribution in [1.82, 2.24) is 9.21 Å². The number of nitrogens with zero attached hydrogens (tertiary/aromatic N) is 2. The predicted octanol–water partition coefficient (Wildman–Crippen LogP) is -0.150. The molecule has 1 atom stereocenters. The summed E-state index contributed by atoms with van der Waals surface area (Å²) in [4.78, 5) is 2.43. The van der Waals surface area contributed by atoms with Gasteiger partial charge in [-0.1, -0.05) is 0 Å². The molecule has 0 radical (unpaired) electrons. The summed E-state index contributed by atoms with van der Waals surface area (Å²) in [5.74, 6) is 0. The molecule has 0 aromatic carbocycles. The summed E-state index contributed by atoms with van der Waals surface area (Å²) in [7, 11) is -3.09. The maximum atomic E-state index is 11.8. The number of piperidine rings is 1. The first-order valence-electron chi connectivity index (χ1n) is 7.51. The summed E-state index contributed by atoms with van der Waals surface area (Å²) in [6, 6.07) is 0.780. The highest BCUT2D eigenvalue weighted by molar-refractivity contribution is 7.88. The van der Waals surface area contributed by atoms with Gasteiger partial charge in [0.2, 0.25) is 10.0 Å². The van der Waals surface area contributed by atoms with Gasteiger partial charge >= 0.3 is 0 Å². The Bertz CT molecular complexity index is 396. The van der Waals surface area contributed by atoms with E-state index in [0.717, 1.165) is 45.4 Å². The number of nitrogens with two attached hydrogens (primary N) is 1. The quantitative estimate of drug-likeness (QED) is 0.764. The average molecular weight is 305 g/mol. The highest BCUT2D eigenvalue weighted by Crippen LogP contribution is 2.23. The Labute approximate surface area is 122 Å². The third-order valence-electron chi connectivity index (χ3n) is 4.34. The van der Waals surface area contributed by atoms with E-state index in [1.165, 1.54) is 6.26 Å². The van der Waals surface area contributed by atoms with E-state index in [9.17, 15) is 8.42 Å². The number of rotatable bonds is 5. The van der Waals surface area contributed by atoms with Gasteiger partial charge in [-0.2, -0.15) is 0 Å². The van der Waals surface area contributed by atoms with E-state index in [1.54, 1.807) is 4.31 Å². The molecular weight excluding hydrogens is 278 g/mol. The Morgan fingerprint density at radius 2 is 1.95 bits per heavy atom. The summed E-state index contributed by atoms with van der Waals surface area (Å²) in [5, 5.41) is 0. The first kappa shape index (κ1) is 16.2. The molecule has 0 aliphatic carbocycles. The fraction of sp³-hybridized carbons (Fsp3) is 1.00. The van der Waals surface area contributed by atoms with Crippen LogP contribution in [0.3, 0.4) is 0 Å². The molecule has 0 spiro atoms. The first-order valence-corrected chi connectivity index (χ1v) is 9.36. The fourth-order valence-corrected chi connectivity index (χ4v) is 4.23. The lowest BCUT2D eigenvalue weighted by atomic mass is 9.99. The summed E-state index contributed by atoms with van der Waals surface area (Å²) in [6.07, 6.45) is 5.34. The molecule has 1 unspecified atom stereocenters. The normalized spacial score (nSPS) is 27.1. The number of hydrogen-bond donors (Lipinski definition) is 1. The van der Waals surface area contributed by atoms with Gasteiger partial charge in [-0.15, -0.1) is 0 Å². The summed E-state index contributed by atoms with van der Waals surface area (Å²) in [5.41, 5.74) is 5.76. The van der Waals surface area contributed by atoms with Crippen LogP contribution in [-0.4, -0.2) is 75.4 Å². The van der Waals surface area contributed by atoms with Crippen molar-refractivity contribution in [1.29, 1.82) is 0 Å². The number of hydrogen-bond acceptors (Lipinski definition) is 5. The molecule has 2 fully saturated rings. The molecule has 0 amide bonds. The monoisotopic (exact) mass is 305 g/mol. The molecule has 0 saturated carbocycles. The van der Waals surface area contributed by atoms with Crippen LogP contribution in [0.5, 0.6) is 0 Å². The van der Waals surface area contributed by atoms with Crippen LogP contribution in [-0.2, 0) is 14.8 Å². The molecule has 20 heavy (non-hydrogen) atoms. The zero-order valence-electron chi connectivity index (χ0n) is 12.3.